The van der Waals surface area contributed by atoms with Crippen LogP contribution in [0.1, 0.15) is 26.7 Å². The summed E-state index contributed by atoms with van der Waals surface area (Å²) in [6, 6.07) is 6.33. The molecule has 1 heterocycles. The van der Waals surface area contributed by atoms with Crippen LogP contribution in [0.4, 0.5) is 5.69 Å². The van der Waals surface area contributed by atoms with Gasteiger partial charge in [0.2, 0.25) is 0 Å². The minimum Gasteiger partial charge on any atom is -0.441 e. The first-order valence-electron chi connectivity index (χ1n) is 8.23. The van der Waals surface area contributed by atoms with Crippen LogP contribution in [0.2, 0.25) is 0 Å². The molecule has 0 spiro atoms. The Labute approximate surface area is 147 Å². The Bertz CT molecular complexity index is 721. The highest BCUT2D eigenvalue weighted by Gasteiger charge is 2.27. The number of nitro groups is 1. The summed E-state index contributed by atoms with van der Waals surface area (Å²) in [4.78, 5) is 16.8. The Balaban J connectivity index is 2.05. The summed E-state index contributed by atoms with van der Waals surface area (Å²) in [6.07, 6.45) is 2.18. The average molecular weight is 347 g/mol. The Morgan fingerprint density at radius 1 is 1.40 bits per heavy atom. The van der Waals surface area contributed by atoms with Crippen molar-refractivity contribution in [3.05, 3.63) is 46.5 Å². The lowest BCUT2D eigenvalue weighted by molar-refractivity contribution is -0.384. The van der Waals surface area contributed by atoms with E-state index in [4.69, 9.17) is 4.42 Å². The Hall–Kier alpha value is -2.25. The molecule has 0 fully saturated rings. The topological polar surface area (TPSA) is 92.6 Å². The zero-order chi connectivity index (χ0) is 18.6. The number of hydrogen-bond donors (Lipinski definition) is 1. The Morgan fingerprint density at radius 3 is 2.72 bits per heavy atom. The van der Waals surface area contributed by atoms with E-state index in [1.807, 2.05) is 7.05 Å². The van der Waals surface area contributed by atoms with Gasteiger partial charge in [0.15, 0.2) is 11.7 Å². The molecule has 0 bridgehead atoms. The van der Waals surface area contributed by atoms with Gasteiger partial charge in [-0.05, 0) is 12.5 Å². The number of aliphatic hydroxyl groups is 1. The second kappa shape index (κ2) is 7.76. The van der Waals surface area contributed by atoms with Crippen molar-refractivity contribution in [2.75, 3.05) is 20.2 Å². The van der Waals surface area contributed by atoms with Gasteiger partial charge in [-0.2, -0.15) is 0 Å². The lowest BCUT2D eigenvalue weighted by atomic mass is 9.86. The third-order valence-electron chi connectivity index (χ3n) is 4.28. The van der Waals surface area contributed by atoms with E-state index >= 15 is 0 Å². The maximum absolute atomic E-state index is 10.9. The number of nitrogens with zero attached hydrogens (tertiary/aromatic N) is 3. The summed E-state index contributed by atoms with van der Waals surface area (Å²) in [5, 5.41) is 20.5. The van der Waals surface area contributed by atoms with Gasteiger partial charge < -0.3 is 14.4 Å². The first kappa shape index (κ1) is 19.1. The molecule has 2 aromatic rings. The first-order chi connectivity index (χ1) is 11.7. The van der Waals surface area contributed by atoms with Gasteiger partial charge in [-0.15, -0.1) is 0 Å². The highest BCUT2D eigenvalue weighted by molar-refractivity contribution is 5.60. The normalized spacial score (nSPS) is 13.2. The second-order valence-corrected chi connectivity index (χ2v) is 7.22. The van der Waals surface area contributed by atoms with Crippen LogP contribution < -0.4 is 0 Å². The molecule has 0 aliphatic rings. The van der Waals surface area contributed by atoms with E-state index in [1.165, 1.54) is 12.1 Å². The number of oxazole rings is 1. The SMILES string of the molecule is CN(CCc1ncc(-c2cccc([N+](=O)[O-])c2)o1)C(CO)C(C)(C)C. The maximum atomic E-state index is 10.9. The van der Waals surface area contributed by atoms with Gasteiger partial charge in [0.25, 0.3) is 5.69 Å². The van der Waals surface area contributed by atoms with E-state index < -0.39 is 4.92 Å². The molecular formula is C18H25N3O4. The second-order valence-electron chi connectivity index (χ2n) is 7.22. The van der Waals surface area contributed by atoms with Crippen LogP contribution in [-0.2, 0) is 6.42 Å². The molecule has 1 aromatic heterocycles. The summed E-state index contributed by atoms with van der Waals surface area (Å²) in [5.74, 6) is 1.08. The number of likely N-dealkylation sites (N-methyl/N-ethyl adjacent to an activating group) is 1. The van der Waals surface area contributed by atoms with E-state index in [-0.39, 0.29) is 23.8 Å². The molecule has 7 heteroatoms. The summed E-state index contributed by atoms with van der Waals surface area (Å²) in [7, 11) is 1.97. The molecule has 2 rings (SSSR count). The summed E-state index contributed by atoms with van der Waals surface area (Å²) in [5.41, 5.74) is 0.615. The zero-order valence-electron chi connectivity index (χ0n) is 15.1. The predicted molar refractivity (Wildman–Crippen MR) is 95.3 cm³/mol. The van der Waals surface area contributed by atoms with E-state index in [1.54, 1.807) is 18.3 Å². The highest BCUT2D eigenvalue weighted by atomic mass is 16.6. The molecule has 0 saturated carbocycles. The molecule has 1 aromatic carbocycles. The van der Waals surface area contributed by atoms with Crippen molar-refractivity contribution in [2.24, 2.45) is 5.41 Å². The highest BCUT2D eigenvalue weighted by Crippen LogP contribution is 2.26. The minimum absolute atomic E-state index is 0.0196. The number of aliphatic hydroxyl groups excluding tert-OH is 1. The summed E-state index contributed by atoms with van der Waals surface area (Å²) < 4.78 is 5.73. The van der Waals surface area contributed by atoms with Crippen LogP contribution in [0.25, 0.3) is 11.3 Å². The van der Waals surface area contributed by atoms with Gasteiger partial charge in [-0.3, -0.25) is 10.1 Å². The number of rotatable bonds is 7. The van der Waals surface area contributed by atoms with Gasteiger partial charge in [-0.25, -0.2) is 4.98 Å². The lowest BCUT2D eigenvalue weighted by Gasteiger charge is -2.36. The van der Waals surface area contributed by atoms with Gasteiger partial charge in [0.05, 0.1) is 17.7 Å². The quantitative estimate of drug-likeness (QED) is 0.611. The molecule has 1 atom stereocenters. The van der Waals surface area contributed by atoms with Gasteiger partial charge >= 0.3 is 0 Å². The van der Waals surface area contributed by atoms with Crippen molar-refractivity contribution in [1.82, 2.24) is 9.88 Å². The van der Waals surface area contributed by atoms with Gasteiger partial charge in [0.1, 0.15) is 0 Å². The van der Waals surface area contributed by atoms with Crippen molar-refractivity contribution in [1.29, 1.82) is 0 Å². The fraction of sp³-hybridized carbons (Fsp3) is 0.500. The molecule has 136 valence electrons. The summed E-state index contributed by atoms with van der Waals surface area (Å²) >= 11 is 0. The number of non-ortho nitro benzene ring substituents is 1. The van der Waals surface area contributed by atoms with Crippen molar-refractivity contribution in [3.8, 4) is 11.3 Å². The van der Waals surface area contributed by atoms with Crippen molar-refractivity contribution < 1.29 is 14.4 Å². The molecule has 25 heavy (non-hydrogen) atoms. The van der Waals surface area contributed by atoms with E-state index in [9.17, 15) is 15.2 Å². The third-order valence-corrected chi connectivity index (χ3v) is 4.28. The van der Waals surface area contributed by atoms with Crippen molar-refractivity contribution in [3.63, 3.8) is 0 Å². The average Bonchev–Trinajstić information content (AvgIpc) is 3.01. The van der Waals surface area contributed by atoms with Crippen molar-refractivity contribution in [2.45, 2.75) is 33.2 Å². The van der Waals surface area contributed by atoms with Crippen LogP contribution in [0.15, 0.2) is 34.9 Å². The van der Waals surface area contributed by atoms with Crippen LogP contribution in [0.3, 0.4) is 0 Å². The fourth-order valence-corrected chi connectivity index (χ4v) is 2.83. The van der Waals surface area contributed by atoms with E-state index in [2.05, 4.69) is 30.7 Å². The minimum atomic E-state index is -0.433. The summed E-state index contributed by atoms with van der Waals surface area (Å²) in [6.45, 7) is 7.06. The standard InChI is InChI=1S/C18H25N3O4/c1-18(2,3)16(12-22)20(4)9-8-17-19-11-15(25-17)13-6-5-7-14(10-13)21(23)24/h5-7,10-11,16,22H,8-9,12H2,1-4H3. The number of hydrogen-bond acceptors (Lipinski definition) is 6. The fourth-order valence-electron chi connectivity index (χ4n) is 2.83. The molecular weight excluding hydrogens is 322 g/mol. The molecule has 0 aliphatic heterocycles. The number of nitro benzene ring substituents is 1. The van der Waals surface area contributed by atoms with Crippen molar-refractivity contribution >= 4 is 5.69 Å². The molecule has 0 aliphatic carbocycles. The van der Waals surface area contributed by atoms with Crippen LogP contribution >= 0.6 is 0 Å². The monoisotopic (exact) mass is 347 g/mol. The smallest absolute Gasteiger partial charge is 0.270 e. The Morgan fingerprint density at radius 2 is 2.12 bits per heavy atom. The first-order valence-corrected chi connectivity index (χ1v) is 8.23. The number of benzene rings is 1. The van der Waals surface area contributed by atoms with Crippen LogP contribution in [0, 0.1) is 15.5 Å². The molecule has 1 N–H and O–H groups in total. The lowest BCUT2D eigenvalue weighted by Crippen LogP contribution is -2.45. The van der Waals surface area contributed by atoms with Crippen LogP contribution in [-0.4, -0.2) is 46.2 Å². The molecule has 0 amide bonds. The van der Waals surface area contributed by atoms with Gasteiger partial charge in [0, 0.05) is 36.7 Å². The van der Waals surface area contributed by atoms with E-state index in [0.29, 0.717) is 30.2 Å². The van der Waals surface area contributed by atoms with Gasteiger partial charge in [-0.1, -0.05) is 32.9 Å². The third kappa shape index (κ3) is 4.87. The molecule has 0 saturated heterocycles. The molecule has 7 nitrogen and oxygen atoms in total. The zero-order valence-corrected chi connectivity index (χ0v) is 15.1. The Kier molecular flexibility index (Phi) is 5.92. The maximum Gasteiger partial charge on any atom is 0.270 e. The molecule has 0 radical (unpaired) electrons. The predicted octanol–water partition coefficient (Wildman–Crippen LogP) is 3.13. The molecule has 1 unspecified atom stereocenters. The largest absolute Gasteiger partial charge is 0.441 e. The number of aromatic nitrogens is 1. The van der Waals surface area contributed by atoms with Crippen LogP contribution in [0.5, 0.6) is 0 Å². The van der Waals surface area contributed by atoms with E-state index in [0.717, 1.165) is 0 Å².